The molecule has 3 heteroatoms. The van der Waals surface area contributed by atoms with Crippen LogP contribution < -0.4 is 4.90 Å². The third-order valence-electron chi connectivity index (χ3n) is 12.6. The smallest absolute Gasteiger partial charge is 0.128 e. The van der Waals surface area contributed by atoms with E-state index in [4.69, 9.17) is 0 Å². The summed E-state index contributed by atoms with van der Waals surface area (Å²) in [5.74, 6) is 0.511. The number of fused-ring (bicyclic) bond motifs is 9. The van der Waals surface area contributed by atoms with Crippen LogP contribution in [0.4, 0.5) is 17.1 Å². The van der Waals surface area contributed by atoms with Crippen molar-refractivity contribution in [1.29, 1.82) is 5.41 Å². The monoisotopic (exact) mass is 781 g/mol. The highest BCUT2D eigenvalue weighted by Crippen LogP contribution is 2.63. The van der Waals surface area contributed by atoms with Gasteiger partial charge < -0.3 is 9.80 Å². The summed E-state index contributed by atoms with van der Waals surface area (Å²) in [6, 6.07) is 83.1. The van der Waals surface area contributed by atoms with Gasteiger partial charge in [-0.15, -0.1) is 0 Å². The Morgan fingerprint density at radius 2 is 0.869 bits per heavy atom. The fourth-order valence-electron chi connectivity index (χ4n) is 9.85. The Hall–Kier alpha value is -7.75. The number of amidine groups is 1. The van der Waals surface area contributed by atoms with Gasteiger partial charge in [0.05, 0.1) is 16.8 Å². The van der Waals surface area contributed by atoms with Crippen LogP contribution in [0.3, 0.4) is 0 Å². The van der Waals surface area contributed by atoms with E-state index in [9.17, 15) is 5.41 Å². The van der Waals surface area contributed by atoms with Crippen molar-refractivity contribution in [2.75, 3.05) is 4.90 Å². The van der Waals surface area contributed by atoms with Gasteiger partial charge in [0.1, 0.15) is 5.84 Å². The minimum Gasteiger partial charge on any atom is -0.348 e. The molecular formula is C58H43N3. The lowest BCUT2D eigenvalue weighted by Crippen LogP contribution is -2.36. The first-order valence-corrected chi connectivity index (χ1v) is 21.1. The van der Waals surface area contributed by atoms with E-state index in [0.29, 0.717) is 18.9 Å². The van der Waals surface area contributed by atoms with E-state index in [1.165, 1.54) is 67.0 Å². The van der Waals surface area contributed by atoms with Gasteiger partial charge in [-0.25, -0.2) is 0 Å². The van der Waals surface area contributed by atoms with Crippen molar-refractivity contribution in [2.45, 2.75) is 18.5 Å². The summed E-state index contributed by atoms with van der Waals surface area (Å²) in [5, 5.41) is 9.45. The second kappa shape index (κ2) is 15.1. The summed E-state index contributed by atoms with van der Waals surface area (Å²) in [7, 11) is 0. The Kier molecular flexibility index (Phi) is 9.01. The molecule has 1 aliphatic heterocycles. The molecular weight excluding hydrogens is 739 g/mol. The molecule has 1 aliphatic carbocycles. The number of hydrogen-bond acceptors (Lipinski definition) is 2. The first kappa shape index (κ1) is 36.3. The summed E-state index contributed by atoms with van der Waals surface area (Å²) < 4.78 is 0. The van der Waals surface area contributed by atoms with E-state index in [-0.39, 0.29) is 0 Å². The zero-order chi connectivity index (χ0) is 40.8. The van der Waals surface area contributed by atoms with Crippen LogP contribution in [-0.2, 0) is 18.5 Å². The second-order valence-corrected chi connectivity index (χ2v) is 16.1. The number of rotatable bonds is 8. The molecule has 290 valence electrons. The van der Waals surface area contributed by atoms with E-state index in [0.717, 1.165) is 22.4 Å². The van der Waals surface area contributed by atoms with E-state index < -0.39 is 5.41 Å². The van der Waals surface area contributed by atoms with Crippen LogP contribution in [0.15, 0.2) is 231 Å². The van der Waals surface area contributed by atoms with Crippen LogP contribution in [0.25, 0.3) is 33.4 Å². The number of para-hydroxylation sites is 3. The van der Waals surface area contributed by atoms with Crippen LogP contribution >= 0.6 is 0 Å². The van der Waals surface area contributed by atoms with Crippen LogP contribution in [-0.4, -0.2) is 10.7 Å². The molecule has 0 unspecified atom stereocenters. The zero-order valence-electron chi connectivity index (χ0n) is 33.7. The topological polar surface area (TPSA) is 30.3 Å². The highest BCUT2D eigenvalue weighted by Gasteiger charge is 2.51. The van der Waals surface area contributed by atoms with Crippen molar-refractivity contribution in [3.05, 3.63) is 269 Å². The van der Waals surface area contributed by atoms with Crippen molar-refractivity contribution >= 4 is 22.9 Å². The van der Waals surface area contributed by atoms with Crippen molar-refractivity contribution < 1.29 is 0 Å². The average Bonchev–Trinajstić information content (AvgIpc) is 3.62. The second-order valence-electron chi connectivity index (χ2n) is 16.1. The average molecular weight is 782 g/mol. The van der Waals surface area contributed by atoms with Crippen LogP contribution in [0, 0.1) is 5.41 Å². The van der Waals surface area contributed by atoms with Crippen molar-refractivity contribution in [3.63, 3.8) is 0 Å². The van der Waals surface area contributed by atoms with E-state index in [2.05, 4.69) is 228 Å². The summed E-state index contributed by atoms with van der Waals surface area (Å²) in [6.45, 7) is 1.31. The molecule has 61 heavy (non-hydrogen) atoms. The molecule has 0 radical (unpaired) electrons. The van der Waals surface area contributed by atoms with Gasteiger partial charge in [-0.1, -0.05) is 194 Å². The van der Waals surface area contributed by atoms with Crippen molar-refractivity contribution in [3.8, 4) is 33.4 Å². The number of hydrogen-bond donors (Lipinski definition) is 1. The third kappa shape index (κ3) is 6.17. The first-order chi connectivity index (χ1) is 30.2. The van der Waals surface area contributed by atoms with Gasteiger partial charge in [-0.2, -0.15) is 0 Å². The lowest BCUT2D eigenvalue weighted by molar-refractivity contribution is 0.404. The van der Waals surface area contributed by atoms with Gasteiger partial charge in [0, 0.05) is 24.3 Å². The SMILES string of the molecule is N=C(c1cccc(-c2ccc(-c3ccc4c(c3)C3(c5ccccc5-4)c4ccccc4N(c4ccccc4)c4ccccc43)cc2)c1)N(Cc1ccccc1)Cc1ccccc1. The minimum atomic E-state index is -0.500. The van der Waals surface area contributed by atoms with Gasteiger partial charge in [0.15, 0.2) is 0 Å². The summed E-state index contributed by atoms with van der Waals surface area (Å²) in [4.78, 5) is 4.59. The van der Waals surface area contributed by atoms with Gasteiger partial charge in [-0.3, -0.25) is 5.41 Å². The molecule has 1 N–H and O–H groups in total. The quantitative estimate of drug-likeness (QED) is 0.123. The maximum absolute atomic E-state index is 9.45. The van der Waals surface area contributed by atoms with Gasteiger partial charge >= 0.3 is 0 Å². The molecule has 1 heterocycles. The summed E-state index contributed by atoms with van der Waals surface area (Å²) in [6.07, 6.45) is 0. The van der Waals surface area contributed by atoms with Crippen LogP contribution in [0.2, 0.25) is 0 Å². The van der Waals surface area contributed by atoms with Crippen molar-refractivity contribution in [2.24, 2.45) is 0 Å². The number of nitrogens with one attached hydrogen (secondary N) is 1. The molecule has 0 fully saturated rings. The Balaban J connectivity index is 0.967. The lowest BCUT2D eigenvalue weighted by atomic mass is 9.64. The molecule has 0 bridgehead atoms. The Morgan fingerprint density at radius 3 is 1.48 bits per heavy atom. The molecule has 0 aromatic heterocycles. The van der Waals surface area contributed by atoms with Crippen molar-refractivity contribution in [1.82, 2.24) is 4.90 Å². The molecule has 11 rings (SSSR count). The number of benzene rings is 9. The number of anilines is 3. The maximum Gasteiger partial charge on any atom is 0.128 e. The Morgan fingerprint density at radius 1 is 0.393 bits per heavy atom. The Bertz CT molecular complexity index is 2960. The van der Waals surface area contributed by atoms with Crippen LogP contribution in [0.5, 0.6) is 0 Å². The molecule has 0 amide bonds. The molecule has 9 aromatic carbocycles. The zero-order valence-corrected chi connectivity index (χ0v) is 33.7. The highest BCUT2D eigenvalue weighted by molar-refractivity contribution is 5.98. The largest absolute Gasteiger partial charge is 0.348 e. The minimum absolute atomic E-state index is 0.500. The fraction of sp³-hybridized carbons (Fsp3) is 0.0517. The van der Waals surface area contributed by atoms with E-state index >= 15 is 0 Å². The fourth-order valence-corrected chi connectivity index (χ4v) is 9.85. The van der Waals surface area contributed by atoms with Crippen LogP contribution in [0.1, 0.15) is 38.9 Å². The molecule has 0 saturated heterocycles. The summed E-state index contributed by atoms with van der Waals surface area (Å²) in [5.41, 5.74) is 18.6. The molecule has 0 atom stereocenters. The molecule has 0 saturated carbocycles. The number of nitrogens with zero attached hydrogens (tertiary/aromatic N) is 2. The predicted octanol–water partition coefficient (Wildman–Crippen LogP) is 14.2. The summed E-state index contributed by atoms with van der Waals surface area (Å²) >= 11 is 0. The molecule has 1 spiro atoms. The maximum atomic E-state index is 9.45. The normalized spacial score (nSPS) is 12.9. The standard InChI is InChI=1S/C58H43N3/c59-57(60(39-41-17-4-1-5-18-41)40-42-19-6-2-7-20-42)47-22-16-21-45(37-47)43-31-33-44(34-32-43)46-35-36-50-49-25-10-11-26-51(49)58(54(50)38-46)52-27-12-14-29-55(52)61(48-23-8-3-9-24-48)56-30-15-13-28-53(56)58/h1-38,59H,39-40H2. The van der Waals surface area contributed by atoms with E-state index in [1.54, 1.807) is 0 Å². The highest BCUT2D eigenvalue weighted by atomic mass is 15.2. The van der Waals surface area contributed by atoms with Gasteiger partial charge in [0.25, 0.3) is 0 Å². The lowest BCUT2D eigenvalue weighted by Gasteiger charge is -2.45. The third-order valence-corrected chi connectivity index (χ3v) is 12.6. The van der Waals surface area contributed by atoms with Gasteiger partial charge in [0.2, 0.25) is 0 Å². The Labute approximate surface area is 358 Å². The van der Waals surface area contributed by atoms with E-state index in [1.807, 2.05) is 12.1 Å². The first-order valence-electron chi connectivity index (χ1n) is 21.1. The molecule has 2 aliphatic rings. The predicted molar refractivity (Wildman–Crippen MR) is 252 cm³/mol. The van der Waals surface area contributed by atoms with Gasteiger partial charge in [-0.05, 0) is 103 Å². The molecule has 3 nitrogen and oxygen atoms in total. The molecule has 9 aromatic rings.